The normalized spacial score (nSPS) is 12.6. The Balaban J connectivity index is 1.84. The van der Waals surface area contributed by atoms with E-state index < -0.39 is 22.8 Å². The number of pyridine rings is 1. The Morgan fingerprint density at radius 1 is 1.05 bits per heavy atom. The first kappa shape index (κ1) is 24.5. The molecule has 2 aromatic heterocycles. The Kier molecular flexibility index (Phi) is 6.16. The van der Waals surface area contributed by atoms with Gasteiger partial charge in [0.25, 0.3) is 5.56 Å². The molecule has 192 valence electrons. The second-order valence-electron chi connectivity index (χ2n) is 9.16. The lowest BCUT2D eigenvalue weighted by Gasteiger charge is -2.21. The van der Waals surface area contributed by atoms with Crippen molar-refractivity contribution in [3.63, 3.8) is 0 Å². The van der Waals surface area contributed by atoms with Gasteiger partial charge in [-0.1, -0.05) is 6.07 Å². The van der Waals surface area contributed by atoms with Gasteiger partial charge in [-0.3, -0.25) is 4.79 Å². The number of aliphatic hydroxyl groups is 1. The summed E-state index contributed by atoms with van der Waals surface area (Å²) in [5.41, 5.74) is 3.60. The largest absolute Gasteiger partial charge is 0.506 e. The topological polar surface area (TPSA) is 123 Å². The number of benzene rings is 2. The fourth-order valence-electron chi connectivity index (χ4n) is 5.41. The molecule has 0 fully saturated rings. The molecule has 5 rings (SSSR count). The SMILES string of the molecule is COc1ccc(Cn2c3c(c(O)c(C(=O)O)c2=O)CCCc2c-3ccc3c2cc(CO)n3C)c(OC)c1. The summed E-state index contributed by atoms with van der Waals surface area (Å²) < 4.78 is 14.2. The van der Waals surface area contributed by atoms with Crippen LogP contribution in [-0.4, -0.2) is 44.6 Å². The summed E-state index contributed by atoms with van der Waals surface area (Å²) >= 11 is 0. The molecule has 0 spiro atoms. The minimum Gasteiger partial charge on any atom is -0.506 e. The lowest BCUT2D eigenvalue weighted by molar-refractivity contribution is 0.0690. The van der Waals surface area contributed by atoms with Gasteiger partial charge in [0, 0.05) is 46.4 Å². The third kappa shape index (κ3) is 3.82. The number of nitrogens with zero attached hydrogens (tertiary/aromatic N) is 2. The zero-order valence-electron chi connectivity index (χ0n) is 20.9. The van der Waals surface area contributed by atoms with Crippen molar-refractivity contribution in [2.45, 2.75) is 32.4 Å². The number of hydrogen-bond donors (Lipinski definition) is 3. The third-order valence-electron chi connectivity index (χ3n) is 7.28. The van der Waals surface area contributed by atoms with Crippen LogP contribution in [0.5, 0.6) is 17.2 Å². The Hall–Kier alpha value is -4.24. The number of aromatic carboxylic acids is 1. The number of aryl methyl sites for hydroxylation is 2. The minimum absolute atomic E-state index is 0.0308. The molecule has 2 aromatic carbocycles. The van der Waals surface area contributed by atoms with E-state index in [1.54, 1.807) is 25.3 Å². The molecule has 0 unspecified atom stereocenters. The molecule has 2 heterocycles. The molecule has 4 aromatic rings. The van der Waals surface area contributed by atoms with Crippen molar-refractivity contribution in [3.05, 3.63) is 74.7 Å². The van der Waals surface area contributed by atoms with E-state index >= 15 is 0 Å². The molecule has 9 heteroatoms. The van der Waals surface area contributed by atoms with E-state index in [4.69, 9.17) is 9.47 Å². The highest BCUT2D eigenvalue weighted by Crippen LogP contribution is 2.41. The Labute approximate surface area is 212 Å². The van der Waals surface area contributed by atoms with E-state index in [-0.39, 0.29) is 13.2 Å². The number of methoxy groups -OCH3 is 2. The average Bonchev–Trinajstić information content (AvgIpc) is 3.09. The number of carboxylic acid groups (broad SMARTS) is 1. The van der Waals surface area contributed by atoms with Gasteiger partial charge in [0.15, 0.2) is 5.56 Å². The molecule has 0 saturated carbocycles. The molecule has 37 heavy (non-hydrogen) atoms. The number of fused-ring (bicyclic) bond motifs is 5. The predicted molar refractivity (Wildman–Crippen MR) is 138 cm³/mol. The highest BCUT2D eigenvalue weighted by atomic mass is 16.5. The zero-order chi connectivity index (χ0) is 26.4. The molecule has 0 bridgehead atoms. The van der Waals surface area contributed by atoms with Crippen molar-refractivity contribution in [1.82, 2.24) is 9.13 Å². The number of hydrogen-bond acceptors (Lipinski definition) is 6. The van der Waals surface area contributed by atoms with Crippen LogP contribution < -0.4 is 15.0 Å². The van der Waals surface area contributed by atoms with E-state index in [9.17, 15) is 24.9 Å². The van der Waals surface area contributed by atoms with Gasteiger partial charge >= 0.3 is 5.97 Å². The van der Waals surface area contributed by atoms with Gasteiger partial charge in [-0.2, -0.15) is 0 Å². The van der Waals surface area contributed by atoms with Crippen LogP contribution in [0.4, 0.5) is 0 Å². The molecule has 0 aliphatic heterocycles. The fraction of sp³-hybridized carbons (Fsp3) is 0.286. The number of aromatic nitrogens is 2. The second kappa shape index (κ2) is 9.33. The number of rotatable bonds is 6. The molecule has 9 nitrogen and oxygen atoms in total. The van der Waals surface area contributed by atoms with E-state index in [0.717, 1.165) is 27.7 Å². The predicted octanol–water partition coefficient (Wildman–Crippen LogP) is 3.46. The van der Waals surface area contributed by atoms with Crippen LogP contribution in [-0.2, 0) is 33.0 Å². The van der Waals surface area contributed by atoms with Crippen molar-refractivity contribution in [1.29, 1.82) is 0 Å². The zero-order valence-corrected chi connectivity index (χ0v) is 20.9. The van der Waals surface area contributed by atoms with Gasteiger partial charge in [-0.05, 0) is 49.1 Å². The molecule has 0 saturated heterocycles. The smallest absolute Gasteiger partial charge is 0.345 e. The standard InChI is InChI=1S/C28H28N2O7/c1-29-16(14-31)11-21-18-5-4-6-20-25(19(18)9-10-22(21)29)30(27(33)24(26(20)32)28(34)35)13-15-7-8-17(36-2)12-23(15)37-3/h7-12,31-32H,4-6,13-14H2,1-3H3,(H,34,35). The van der Waals surface area contributed by atoms with Crippen LogP contribution >= 0.6 is 0 Å². The third-order valence-corrected chi connectivity index (χ3v) is 7.28. The minimum atomic E-state index is -1.48. The summed E-state index contributed by atoms with van der Waals surface area (Å²) in [7, 11) is 4.95. The highest BCUT2D eigenvalue weighted by molar-refractivity contribution is 5.95. The Bertz CT molecular complexity index is 1610. The van der Waals surface area contributed by atoms with Crippen LogP contribution in [0.3, 0.4) is 0 Å². The Morgan fingerprint density at radius 2 is 1.81 bits per heavy atom. The fourth-order valence-corrected chi connectivity index (χ4v) is 5.41. The molecular formula is C28H28N2O7. The van der Waals surface area contributed by atoms with E-state index in [2.05, 4.69) is 0 Å². The van der Waals surface area contributed by atoms with E-state index in [1.807, 2.05) is 29.8 Å². The van der Waals surface area contributed by atoms with Crippen LogP contribution in [0, 0.1) is 0 Å². The van der Waals surface area contributed by atoms with Crippen molar-refractivity contribution >= 4 is 16.9 Å². The first-order valence-corrected chi connectivity index (χ1v) is 11.9. The first-order valence-electron chi connectivity index (χ1n) is 11.9. The van der Waals surface area contributed by atoms with Crippen molar-refractivity contribution in [2.75, 3.05) is 14.2 Å². The van der Waals surface area contributed by atoms with Crippen molar-refractivity contribution < 1.29 is 29.6 Å². The maximum Gasteiger partial charge on any atom is 0.345 e. The molecule has 0 amide bonds. The second-order valence-corrected chi connectivity index (χ2v) is 9.16. The lowest BCUT2D eigenvalue weighted by Crippen LogP contribution is -2.30. The van der Waals surface area contributed by atoms with Gasteiger partial charge in [-0.25, -0.2) is 4.79 Å². The highest BCUT2D eigenvalue weighted by Gasteiger charge is 2.30. The maximum absolute atomic E-state index is 13.6. The summed E-state index contributed by atoms with van der Waals surface area (Å²) in [6, 6.07) is 11.0. The number of aliphatic hydroxyl groups excluding tert-OH is 1. The van der Waals surface area contributed by atoms with Gasteiger partial charge < -0.3 is 33.9 Å². The Morgan fingerprint density at radius 3 is 2.49 bits per heavy atom. The lowest BCUT2D eigenvalue weighted by atomic mass is 9.96. The first-order chi connectivity index (χ1) is 17.8. The van der Waals surface area contributed by atoms with E-state index in [1.165, 1.54) is 11.7 Å². The van der Waals surface area contributed by atoms with Gasteiger partial charge in [-0.15, -0.1) is 0 Å². The van der Waals surface area contributed by atoms with Gasteiger partial charge in [0.1, 0.15) is 17.2 Å². The summed E-state index contributed by atoms with van der Waals surface area (Å²) in [6.07, 6.45) is 1.72. The van der Waals surface area contributed by atoms with E-state index in [0.29, 0.717) is 47.6 Å². The van der Waals surface area contributed by atoms with Crippen molar-refractivity contribution in [3.8, 4) is 28.5 Å². The van der Waals surface area contributed by atoms with Gasteiger partial charge in [0.2, 0.25) is 0 Å². The van der Waals surface area contributed by atoms with Crippen LogP contribution in [0.2, 0.25) is 0 Å². The molecule has 3 N–H and O–H groups in total. The molecule has 0 radical (unpaired) electrons. The quantitative estimate of drug-likeness (QED) is 0.367. The molecule has 0 atom stereocenters. The van der Waals surface area contributed by atoms with Crippen molar-refractivity contribution in [2.24, 2.45) is 7.05 Å². The monoisotopic (exact) mass is 504 g/mol. The van der Waals surface area contributed by atoms with Crippen LogP contribution in [0.1, 0.15) is 39.2 Å². The summed E-state index contributed by atoms with van der Waals surface area (Å²) in [4.78, 5) is 25.7. The van der Waals surface area contributed by atoms with Crippen LogP contribution in [0.25, 0.3) is 22.2 Å². The number of ether oxygens (including phenoxy) is 2. The maximum atomic E-state index is 13.6. The summed E-state index contributed by atoms with van der Waals surface area (Å²) in [5, 5.41) is 31.6. The summed E-state index contributed by atoms with van der Waals surface area (Å²) in [5.74, 6) is -0.885. The van der Waals surface area contributed by atoms with Crippen LogP contribution in [0.15, 0.2) is 41.2 Å². The average molecular weight is 505 g/mol. The molecule has 1 aliphatic carbocycles. The molecule has 1 aliphatic rings. The number of carbonyl (C=O) groups is 1. The number of carboxylic acids is 1. The summed E-state index contributed by atoms with van der Waals surface area (Å²) in [6.45, 7) is -0.0790. The number of aromatic hydroxyl groups is 1. The molecular weight excluding hydrogens is 476 g/mol. The van der Waals surface area contributed by atoms with Gasteiger partial charge in [0.05, 0.1) is 33.1 Å².